The van der Waals surface area contributed by atoms with E-state index in [4.69, 9.17) is 0 Å². The van der Waals surface area contributed by atoms with Gasteiger partial charge in [0.2, 0.25) is 0 Å². The van der Waals surface area contributed by atoms with E-state index in [0.717, 1.165) is 11.6 Å². The number of aromatic nitrogens is 5. The first-order valence-corrected chi connectivity index (χ1v) is 11.0. The maximum atomic E-state index is 14.0. The van der Waals surface area contributed by atoms with Gasteiger partial charge in [0, 0.05) is 37.3 Å². The van der Waals surface area contributed by atoms with Gasteiger partial charge in [-0.1, -0.05) is 0 Å². The van der Waals surface area contributed by atoms with Gasteiger partial charge < -0.3 is 4.90 Å². The quantitative estimate of drug-likeness (QED) is 0.389. The van der Waals surface area contributed by atoms with Crippen LogP contribution in [0.2, 0.25) is 0 Å². The van der Waals surface area contributed by atoms with Gasteiger partial charge in [-0.05, 0) is 50.6 Å². The van der Waals surface area contributed by atoms with E-state index >= 15 is 0 Å². The van der Waals surface area contributed by atoms with Crippen molar-refractivity contribution in [1.82, 2.24) is 29.4 Å². The number of hydrogen-bond acceptors (Lipinski definition) is 4. The topological polar surface area (TPSA) is 68.8 Å². The van der Waals surface area contributed by atoms with E-state index in [0.29, 0.717) is 52.2 Å². The molecule has 3 aromatic heterocycles. The van der Waals surface area contributed by atoms with Crippen LogP contribution in [0.1, 0.15) is 46.0 Å². The lowest BCUT2D eigenvalue weighted by atomic mass is 9.96. The zero-order chi connectivity index (χ0) is 25.2. The second-order valence-electron chi connectivity index (χ2n) is 8.77. The summed E-state index contributed by atoms with van der Waals surface area (Å²) in [5.74, 6) is -0.744. The molecule has 1 aliphatic heterocycles. The van der Waals surface area contributed by atoms with Gasteiger partial charge in [-0.3, -0.25) is 19.1 Å². The van der Waals surface area contributed by atoms with Crippen molar-refractivity contribution >= 4 is 16.8 Å². The summed E-state index contributed by atoms with van der Waals surface area (Å²) in [7, 11) is 3.12. The molecular weight excluding hydrogens is 464 g/mol. The summed E-state index contributed by atoms with van der Waals surface area (Å²) in [6, 6.07) is 6.36. The van der Waals surface area contributed by atoms with Crippen LogP contribution in [-0.4, -0.2) is 41.9 Å². The predicted molar refractivity (Wildman–Crippen MR) is 120 cm³/mol. The second-order valence-corrected chi connectivity index (χ2v) is 8.77. The molecule has 0 fully saturated rings. The van der Waals surface area contributed by atoms with Crippen molar-refractivity contribution in [3.05, 3.63) is 64.4 Å². The van der Waals surface area contributed by atoms with Crippen molar-refractivity contribution in [1.29, 1.82) is 0 Å². The zero-order valence-corrected chi connectivity index (χ0v) is 19.5. The normalized spacial score (nSPS) is 16.1. The first-order valence-electron chi connectivity index (χ1n) is 11.0. The Morgan fingerprint density at radius 3 is 2.51 bits per heavy atom. The maximum absolute atomic E-state index is 14.0. The third-order valence-corrected chi connectivity index (χ3v) is 6.45. The van der Waals surface area contributed by atoms with E-state index in [1.54, 1.807) is 31.0 Å². The van der Waals surface area contributed by atoms with Crippen LogP contribution < -0.4 is 0 Å². The fourth-order valence-electron chi connectivity index (χ4n) is 4.83. The van der Waals surface area contributed by atoms with Crippen molar-refractivity contribution in [3.8, 4) is 11.4 Å². The van der Waals surface area contributed by atoms with Gasteiger partial charge in [0.15, 0.2) is 5.69 Å². The number of alkyl halides is 3. The Labute approximate surface area is 198 Å². The van der Waals surface area contributed by atoms with Gasteiger partial charge in [0.05, 0.1) is 34.2 Å². The molecule has 1 aliphatic rings. The molecule has 182 valence electrons. The highest BCUT2D eigenvalue weighted by molar-refractivity contribution is 6.06. The van der Waals surface area contributed by atoms with Crippen molar-refractivity contribution in [3.63, 3.8) is 0 Å². The van der Waals surface area contributed by atoms with Crippen LogP contribution in [0.3, 0.4) is 0 Å². The Morgan fingerprint density at radius 2 is 1.83 bits per heavy atom. The number of carbonyl (C=O) groups excluding carboxylic acids is 1. The largest absolute Gasteiger partial charge is 0.435 e. The van der Waals surface area contributed by atoms with E-state index in [-0.39, 0.29) is 5.91 Å². The molecule has 11 heteroatoms. The lowest BCUT2D eigenvalue weighted by Crippen LogP contribution is -2.39. The molecule has 1 atom stereocenters. The fraction of sp³-hybridized carbons (Fsp3) is 0.333. The average Bonchev–Trinajstić information content (AvgIpc) is 3.32. The van der Waals surface area contributed by atoms with Gasteiger partial charge >= 0.3 is 6.18 Å². The lowest BCUT2D eigenvalue weighted by molar-refractivity contribution is -0.141. The number of rotatable bonds is 2. The van der Waals surface area contributed by atoms with Crippen LogP contribution >= 0.6 is 0 Å². The van der Waals surface area contributed by atoms with Crippen LogP contribution in [-0.2, 0) is 26.7 Å². The highest BCUT2D eigenvalue weighted by Crippen LogP contribution is 2.38. The van der Waals surface area contributed by atoms with Gasteiger partial charge in [-0.25, -0.2) is 4.39 Å². The fourth-order valence-corrected chi connectivity index (χ4v) is 4.83. The molecular formula is C24H22F4N6O. The molecule has 1 aromatic carbocycles. The molecule has 0 saturated heterocycles. The van der Waals surface area contributed by atoms with Crippen molar-refractivity contribution in [2.45, 2.75) is 32.5 Å². The standard InChI is InChI=1S/C24H22F4N6O/c1-12-9-17(16-10-14(25)5-6-18(16)29-12)23(35)34-8-7-15-21(13(34)2)31-33(4)22(15)19-11-20(24(26,27)28)30-32(19)3/h5-6,9-11,13H,7-8H2,1-4H3. The molecule has 4 aromatic rings. The van der Waals surface area contributed by atoms with Crippen molar-refractivity contribution in [2.75, 3.05) is 6.54 Å². The molecule has 0 aliphatic carbocycles. The summed E-state index contributed by atoms with van der Waals surface area (Å²) in [5, 5.41) is 8.62. The minimum atomic E-state index is -4.56. The molecule has 7 nitrogen and oxygen atoms in total. The van der Waals surface area contributed by atoms with Crippen LogP contribution in [0, 0.1) is 12.7 Å². The molecule has 4 heterocycles. The summed E-state index contributed by atoms with van der Waals surface area (Å²) in [6.07, 6.45) is -4.16. The summed E-state index contributed by atoms with van der Waals surface area (Å²) >= 11 is 0. The Morgan fingerprint density at radius 1 is 1.09 bits per heavy atom. The Balaban J connectivity index is 1.55. The average molecular weight is 486 g/mol. The zero-order valence-electron chi connectivity index (χ0n) is 19.5. The molecule has 0 bridgehead atoms. The van der Waals surface area contributed by atoms with Gasteiger partial charge in [-0.2, -0.15) is 23.4 Å². The molecule has 0 saturated carbocycles. The van der Waals surface area contributed by atoms with Crippen LogP contribution in [0.4, 0.5) is 17.6 Å². The van der Waals surface area contributed by atoms with E-state index in [1.165, 1.54) is 28.5 Å². The summed E-state index contributed by atoms with van der Waals surface area (Å²) in [5.41, 5.74) is 2.76. The summed E-state index contributed by atoms with van der Waals surface area (Å²) in [4.78, 5) is 19.7. The maximum Gasteiger partial charge on any atom is 0.435 e. The van der Waals surface area contributed by atoms with Crippen LogP contribution in [0.5, 0.6) is 0 Å². The van der Waals surface area contributed by atoms with Crippen molar-refractivity contribution < 1.29 is 22.4 Å². The van der Waals surface area contributed by atoms with E-state index < -0.39 is 23.7 Å². The molecule has 0 spiro atoms. The number of nitrogens with zero attached hydrogens (tertiary/aromatic N) is 6. The minimum Gasteiger partial charge on any atom is -0.330 e. The molecule has 0 N–H and O–H groups in total. The van der Waals surface area contributed by atoms with E-state index in [1.807, 2.05) is 6.92 Å². The van der Waals surface area contributed by atoms with Crippen LogP contribution in [0.25, 0.3) is 22.3 Å². The Bertz CT molecular complexity index is 1490. The number of hydrogen-bond donors (Lipinski definition) is 0. The Hall–Kier alpha value is -3.76. The third-order valence-electron chi connectivity index (χ3n) is 6.45. The summed E-state index contributed by atoms with van der Waals surface area (Å²) < 4.78 is 56.4. The monoisotopic (exact) mass is 486 g/mol. The van der Waals surface area contributed by atoms with Gasteiger partial charge in [0.25, 0.3) is 5.91 Å². The number of halogens is 4. The highest BCUT2D eigenvalue weighted by atomic mass is 19.4. The molecule has 0 radical (unpaired) electrons. The lowest BCUT2D eigenvalue weighted by Gasteiger charge is -2.33. The minimum absolute atomic E-state index is 0.281. The first kappa shape index (κ1) is 23.0. The van der Waals surface area contributed by atoms with Crippen LogP contribution in [0.15, 0.2) is 30.3 Å². The number of pyridine rings is 1. The number of amides is 1. The number of carbonyl (C=O) groups is 1. The SMILES string of the molecule is Cc1cc(C(=O)N2CCc3c(nn(C)c3-c3cc(C(F)(F)F)nn3C)C2C)c2cc(F)ccc2n1. The molecule has 35 heavy (non-hydrogen) atoms. The van der Waals surface area contributed by atoms with Gasteiger partial charge in [0.1, 0.15) is 5.82 Å². The first-order chi connectivity index (χ1) is 16.5. The third kappa shape index (κ3) is 3.75. The van der Waals surface area contributed by atoms with Gasteiger partial charge in [-0.15, -0.1) is 0 Å². The Kier molecular flexibility index (Phi) is 5.19. The highest BCUT2D eigenvalue weighted by Gasteiger charge is 2.38. The predicted octanol–water partition coefficient (Wildman–Crippen LogP) is 4.59. The molecule has 5 rings (SSSR count). The molecule has 1 amide bonds. The second kappa shape index (κ2) is 7.89. The molecule has 1 unspecified atom stereocenters. The summed E-state index contributed by atoms with van der Waals surface area (Å²) in [6.45, 7) is 3.92. The van der Waals surface area contributed by atoms with E-state index in [2.05, 4.69) is 15.2 Å². The number of fused-ring (bicyclic) bond motifs is 2. The number of benzene rings is 1. The number of aryl methyl sites for hydroxylation is 3. The van der Waals surface area contributed by atoms with Crippen molar-refractivity contribution in [2.24, 2.45) is 14.1 Å². The van der Waals surface area contributed by atoms with E-state index in [9.17, 15) is 22.4 Å². The smallest absolute Gasteiger partial charge is 0.330 e.